The first-order valence-corrected chi connectivity index (χ1v) is 5.89. The molecule has 4 nitrogen and oxygen atoms in total. The number of nitrogens with two attached hydrogens (primary N) is 1. The largest absolute Gasteiger partial charge is 0.457 e. The zero-order chi connectivity index (χ0) is 14.5. The van der Waals surface area contributed by atoms with E-state index < -0.39 is 5.91 Å². The van der Waals surface area contributed by atoms with Crippen LogP contribution >= 0.6 is 0 Å². The fourth-order valence-electron chi connectivity index (χ4n) is 1.61. The summed E-state index contributed by atoms with van der Waals surface area (Å²) in [6.45, 7) is 0. The first-order valence-electron chi connectivity index (χ1n) is 5.89. The Kier molecular flexibility index (Phi) is 4.10. The van der Waals surface area contributed by atoms with Crippen molar-refractivity contribution in [2.75, 3.05) is 0 Å². The molecule has 102 valence electrons. The van der Waals surface area contributed by atoms with Crippen molar-refractivity contribution >= 4 is 11.7 Å². The molecule has 5 heteroatoms. The summed E-state index contributed by atoms with van der Waals surface area (Å²) in [6, 6.07) is 11.9. The second-order valence-corrected chi connectivity index (χ2v) is 4.15. The van der Waals surface area contributed by atoms with E-state index in [2.05, 4.69) is 0 Å². The molecule has 2 aromatic rings. The summed E-state index contributed by atoms with van der Waals surface area (Å²) in [5, 5.41) is 0. The lowest BCUT2D eigenvalue weighted by molar-refractivity contribution is -0.117. The molecule has 0 aliphatic rings. The Morgan fingerprint density at radius 1 is 0.950 bits per heavy atom. The van der Waals surface area contributed by atoms with E-state index in [9.17, 15) is 14.0 Å². The molecule has 0 unspecified atom stereocenters. The lowest BCUT2D eigenvalue weighted by atomic mass is 10.1. The third-order valence-corrected chi connectivity index (χ3v) is 2.56. The summed E-state index contributed by atoms with van der Waals surface area (Å²) in [6.07, 6.45) is -0.321. The van der Waals surface area contributed by atoms with Gasteiger partial charge in [0.25, 0.3) is 0 Å². The standard InChI is InChI=1S/C15H12FNO3/c16-11-3-7-13(8-4-11)20-12-5-1-10(2-6-12)14(18)9-15(17)19/h1-8H,9H2,(H2,17,19). The number of halogens is 1. The van der Waals surface area contributed by atoms with Gasteiger partial charge in [0.2, 0.25) is 5.91 Å². The number of Topliss-reactive ketones (excluding diaryl/α,β-unsaturated/α-hetero) is 1. The Labute approximate surface area is 115 Å². The molecule has 0 fully saturated rings. The van der Waals surface area contributed by atoms with Crippen molar-refractivity contribution in [1.29, 1.82) is 0 Å². The van der Waals surface area contributed by atoms with Gasteiger partial charge in [-0.2, -0.15) is 0 Å². The number of hydrogen-bond donors (Lipinski definition) is 1. The maximum absolute atomic E-state index is 12.7. The van der Waals surface area contributed by atoms with Crippen LogP contribution in [0.15, 0.2) is 48.5 Å². The summed E-state index contributed by atoms with van der Waals surface area (Å²) in [5.74, 6) is -0.355. The van der Waals surface area contributed by atoms with Crippen molar-refractivity contribution in [2.24, 2.45) is 5.73 Å². The minimum Gasteiger partial charge on any atom is -0.457 e. The van der Waals surface area contributed by atoms with Crippen molar-refractivity contribution < 1.29 is 18.7 Å². The molecule has 2 N–H and O–H groups in total. The first kappa shape index (κ1) is 13.7. The minimum atomic E-state index is -0.665. The molecule has 0 aliphatic carbocycles. The van der Waals surface area contributed by atoms with Crippen LogP contribution in [0, 0.1) is 5.82 Å². The SMILES string of the molecule is NC(=O)CC(=O)c1ccc(Oc2ccc(F)cc2)cc1. The number of benzene rings is 2. The summed E-state index contributed by atoms with van der Waals surface area (Å²) in [5.41, 5.74) is 5.34. The monoisotopic (exact) mass is 273 g/mol. The van der Waals surface area contributed by atoms with Crippen LogP contribution in [-0.4, -0.2) is 11.7 Å². The normalized spacial score (nSPS) is 10.1. The fourth-order valence-corrected chi connectivity index (χ4v) is 1.61. The van der Waals surface area contributed by atoms with Crippen LogP contribution in [0.2, 0.25) is 0 Å². The van der Waals surface area contributed by atoms with E-state index >= 15 is 0 Å². The van der Waals surface area contributed by atoms with Crippen LogP contribution in [0.5, 0.6) is 11.5 Å². The van der Waals surface area contributed by atoms with Crippen molar-refractivity contribution in [2.45, 2.75) is 6.42 Å². The predicted octanol–water partition coefficient (Wildman–Crippen LogP) is 2.68. The van der Waals surface area contributed by atoms with Crippen LogP contribution in [0.4, 0.5) is 4.39 Å². The van der Waals surface area contributed by atoms with Gasteiger partial charge in [-0.25, -0.2) is 4.39 Å². The Bertz CT molecular complexity index is 621. The summed E-state index contributed by atoms with van der Waals surface area (Å²) >= 11 is 0. The fraction of sp³-hybridized carbons (Fsp3) is 0.0667. The summed E-state index contributed by atoms with van der Waals surface area (Å²) in [4.78, 5) is 22.2. The highest BCUT2D eigenvalue weighted by atomic mass is 19.1. The molecule has 0 bridgehead atoms. The van der Waals surface area contributed by atoms with Crippen LogP contribution in [0.25, 0.3) is 0 Å². The van der Waals surface area contributed by atoms with Gasteiger partial charge in [0.05, 0.1) is 6.42 Å². The van der Waals surface area contributed by atoms with Gasteiger partial charge in [-0.15, -0.1) is 0 Å². The third-order valence-electron chi connectivity index (χ3n) is 2.56. The highest BCUT2D eigenvalue weighted by Gasteiger charge is 2.09. The van der Waals surface area contributed by atoms with Gasteiger partial charge in [-0.3, -0.25) is 9.59 Å². The van der Waals surface area contributed by atoms with Crippen molar-refractivity contribution in [3.8, 4) is 11.5 Å². The maximum Gasteiger partial charge on any atom is 0.225 e. The maximum atomic E-state index is 12.7. The number of ketones is 1. The van der Waals surface area contributed by atoms with Gasteiger partial charge in [-0.1, -0.05) is 0 Å². The Hall–Kier alpha value is -2.69. The number of primary amides is 1. The lowest BCUT2D eigenvalue weighted by Crippen LogP contribution is -2.16. The van der Waals surface area contributed by atoms with E-state index in [0.717, 1.165) is 0 Å². The molecule has 2 aromatic carbocycles. The number of amides is 1. The average molecular weight is 273 g/mol. The van der Waals surface area contributed by atoms with Crippen molar-refractivity contribution in [3.63, 3.8) is 0 Å². The molecule has 1 amide bonds. The van der Waals surface area contributed by atoms with Gasteiger partial charge in [0.15, 0.2) is 5.78 Å². The topological polar surface area (TPSA) is 69.4 Å². The number of carbonyl (C=O) groups is 2. The molecule has 0 spiro atoms. The van der Waals surface area contributed by atoms with Gasteiger partial charge >= 0.3 is 0 Å². The molecule has 0 saturated carbocycles. The Balaban J connectivity index is 2.06. The molecular weight excluding hydrogens is 261 g/mol. The van der Waals surface area contributed by atoms with Crippen molar-refractivity contribution in [3.05, 3.63) is 59.9 Å². The molecule has 20 heavy (non-hydrogen) atoms. The van der Waals surface area contributed by atoms with E-state index in [0.29, 0.717) is 17.1 Å². The van der Waals surface area contributed by atoms with E-state index in [1.165, 1.54) is 24.3 Å². The van der Waals surface area contributed by atoms with E-state index in [1.54, 1.807) is 24.3 Å². The zero-order valence-electron chi connectivity index (χ0n) is 10.5. The zero-order valence-corrected chi connectivity index (χ0v) is 10.5. The van der Waals surface area contributed by atoms with Gasteiger partial charge in [0.1, 0.15) is 17.3 Å². The second-order valence-electron chi connectivity index (χ2n) is 4.15. The summed E-state index contributed by atoms with van der Waals surface area (Å²) < 4.78 is 18.2. The highest BCUT2D eigenvalue weighted by molar-refractivity contribution is 6.06. The van der Waals surface area contributed by atoms with Crippen LogP contribution in [-0.2, 0) is 4.79 Å². The smallest absolute Gasteiger partial charge is 0.225 e. The second kappa shape index (κ2) is 5.97. The average Bonchev–Trinajstić information content (AvgIpc) is 2.41. The molecule has 0 aliphatic heterocycles. The quantitative estimate of drug-likeness (QED) is 0.672. The molecule has 0 saturated heterocycles. The number of ether oxygens (including phenoxy) is 1. The molecule has 0 atom stereocenters. The third kappa shape index (κ3) is 3.65. The number of hydrogen-bond acceptors (Lipinski definition) is 3. The van der Waals surface area contributed by atoms with Crippen molar-refractivity contribution in [1.82, 2.24) is 0 Å². The van der Waals surface area contributed by atoms with E-state index in [4.69, 9.17) is 10.5 Å². The Morgan fingerprint density at radius 2 is 1.45 bits per heavy atom. The highest BCUT2D eigenvalue weighted by Crippen LogP contribution is 2.22. The number of carbonyl (C=O) groups excluding carboxylic acids is 2. The molecular formula is C15H12FNO3. The predicted molar refractivity (Wildman–Crippen MR) is 71.1 cm³/mol. The van der Waals surface area contributed by atoms with Crippen LogP contribution < -0.4 is 10.5 Å². The van der Waals surface area contributed by atoms with E-state index in [-0.39, 0.29) is 18.0 Å². The van der Waals surface area contributed by atoms with Gasteiger partial charge in [0, 0.05) is 5.56 Å². The molecule has 2 rings (SSSR count). The number of rotatable bonds is 5. The van der Waals surface area contributed by atoms with Crippen LogP contribution in [0.1, 0.15) is 16.8 Å². The lowest BCUT2D eigenvalue weighted by Gasteiger charge is -2.06. The van der Waals surface area contributed by atoms with Gasteiger partial charge in [-0.05, 0) is 48.5 Å². The van der Waals surface area contributed by atoms with Crippen LogP contribution in [0.3, 0.4) is 0 Å². The molecule has 0 heterocycles. The minimum absolute atomic E-state index is 0.321. The molecule has 0 aromatic heterocycles. The Morgan fingerprint density at radius 3 is 1.95 bits per heavy atom. The van der Waals surface area contributed by atoms with Gasteiger partial charge < -0.3 is 10.5 Å². The first-order chi connectivity index (χ1) is 9.54. The summed E-state index contributed by atoms with van der Waals surface area (Å²) in [7, 11) is 0. The molecule has 0 radical (unpaired) electrons. The van der Waals surface area contributed by atoms with E-state index in [1.807, 2.05) is 0 Å².